The summed E-state index contributed by atoms with van der Waals surface area (Å²) in [6, 6.07) is -1.13. The minimum absolute atomic E-state index is 0.0706. The standard InChI is InChI=1S/C51H81NO13/c1-30-16-12-11-13-17-31(2)42(61-8)28-38-21-19-36(7)51(60,65-38)48(57)49(58)52-23-15-14-18-39(52)50(59)64-43(33(4)26-37-20-22-40(53)44(27-37)62-9)29-41(54)32(3)25-35(6)46(56)47(63-10)45(55)34(5)24-30/h12,16-17,25,30,32-34,36-40,42-44,46-47,53,56,60H,11,13-15,18-24,26-29H2,1-10H3/b16-12+,31-17+,35-25?/t30-,32-,33-,34-,36-,37-,38+,39+,40-,42+,43+,44-,46-,47+,51-/m1/s1. The third kappa shape index (κ3) is 14.4. The number of carbonyl (C=O) groups excluding carboxylic acids is 5. The van der Waals surface area contributed by atoms with Crippen molar-refractivity contribution in [2.45, 2.75) is 193 Å². The van der Waals surface area contributed by atoms with Gasteiger partial charge in [0.1, 0.15) is 30.1 Å². The van der Waals surface area contributed by atoms with Crippen molar-refractivity contribution in [1.82, 2.24) is 4.90 Å². The number of hydrogen-bond donors (Lipinski definition) is 3. The molecule has 2 saturated heterocycles. The minimum Gasteiger partial charge on any atom is -0.460 e. The summed E-state index contributed by atoms with van der Waals surface area (Å²) >= 11 is 0. The molecule has 3 aliphatic heterocycles. The largest absolute Gasteiger partial charge is 0.460 e. The number of allylic oxidation sites excluding steroid dienone is 4. The first kappa shape index (κ1) is 54.5. The Hall–Kier alpha value is -3.11. The van der Waals surface area contributed by atoms with Crippen LogP contribution in [0.2, 0.25) is 0 Å². The second-order valence-corrected chi connectivity index (χ2v) is 19.9. The van der Waals surface area contributed by atoms with Crippen LogP contribution in [0.1, 0.15) is 138 Å². The van der Waals surface area contributed by atoms with Gasteiger partial charge in [0.2, 0.25) is 5.79 Å². The summed E-state index contributed by atoms with van der Waals surface area (Å²) < 4.78 is 29.4. The number of ketones is 3. The zero-order valence-electron chi connectivity index (χ0n) is 40.9. The van der Waals surface area contributed by atoms with Crippen LogP contribution in [-0.4, -0.2) is 132 Å². The molecule has 0 radical (unpaired) electrons. The molecule has 4 aliphatic rings. The number of ether oxygens (including phenoxy) is 5. The number of nitrogens with zero attached hydrogens (tertiary/aromatic N) is 1. The monoisotopic (exact) mass is 916 g/mol. The maximum atomic E-state index is 14.4. The van der Waals surface area contributed by atoms with E-state index in [9.17, 15) is 39.3 Å². The smallest absolute Gasteiger partial charge is 0.329 e. The van der Waals surface area contributed by atoms with Crippen molar-refractivity contribution in [3.8, 4) is 0 Å². The predicted molar refractivity (Wildman–Crippen MR) is 245 cm³/mol. The molecule has 15 atom stereocenters. The average Bonchev–Trinajstić information content (AvgIpc) is 3.28. The molecule has 368 valence electrons. The van der Waals surface area contributed by atoms with E-state index in [4.69, 9.17) is 23.7 Å². The molecular formula is C51H81NO13. The summed E-state index contributed by atoms with van der Waals surface area (Å²) in [5.41, 5.74) is 1.36. The van der Waals surface area contributed by atoms with Crippen molar-refractivity contribution < 1.29 is 63.0 Å². The van der Waals surface area contributed by atoms with Crippen LogP contribution in [0.3, 0.4) is 0 Å². The Morgan fingerprint density at radius 2 is 1.58 bits per heavy atom. The highest BCUT2D eigenvalue weighted by Crippen LogP contribution is 2.38. The molecular weight excluding hydrogens is 835 g/mol. The first-order valence-electron chi connectivity index (χ1n) is 24.2. The SMILES string of the molecule is CO[C@H]1C[C@@H]2CC[C@@H](C)[C@@](O)(O2)C(=O)C(=O)N2CCCC[C@H]2C(=O)O[C@H]([C@H](C)C[C@H]2CC[C@@H](O)[C@H](OC)C2)CC(=O)[C@H](C)C=C(C)[C@@H](O)[C@@H](OC)C(=O)[C@H](C)C[C@H](C)/C=C/CC/C=C/1C. The van der Waals surface area contributed by atoms with Crippen molar-refractivity contribution in [3.05, 3.63) is 35.5 Å². The minimum atomic E-state index is -2.41. The van der Waals surface area contributed by atoms with Crippen LogP contribution in [0.5, 0.6) is 0 Å². The normalized spacial score (nSPS) is 39.4. The summed E-state index contributed by atoms with van der Waals surface area (Å²) in [5, 5.41) is 33.9. The van der Waals surface area contributed by atoms with Gasteiger partial charge in [-0.15, -0.1) is 0 Å². The number of amides is 1. The van der Waals surface area contributed by atoms with Gasteiger partial charge >= 0.3 is 5.97 Å². The summed E-state index contributed by atoms with van der Waals surface area (Å²) in [5.74, 6) is -7.80. The number of aliphatic hydroxyl groups excluding tert-OH is 2. The third-order valence-corrected chi connectivity index (χ3v) is 14.7. The third-order valence-electron chi connectivity index (χ3n) is 14.7. The molecule has 3 N–H and O–H groups in total. The van der Waals surface area contributed by atoms with Gasteiger partial charge in [-0.25, -0.2) is 4.79 Å². The lowest BCUT2D eigenvalue weighted by atomic mass is 9.78. The van der Waals surface area contributed by atoms with E-state index in [2.05, 4.69) is 18.2 Å². The Morgan fingerprint density at radius 3 is 2.26 bits per heavy atom. The van der Waals surface area contributed by atoms with Crippen LogP contribution in [0.4, 0.5) is 0 Å². The highest BCUT2D eigenvalue weighted by Gasteiger charge is 2.53. The first-order valence-corrected chi connectivity index (χ1v) is 24.2. The molecule has 0 aromatic heterocycles. The number of piperidine rings is 1. The Balaban J connectivity index is 1.69. The molecule has 14 heteroatoms. The molecule has 3 heterocycles. The molecule has 2 bridgehead atoms. The molecule has 0 aromatic rings. The molecule has 1 amide bonds. The number of cyclic esters (lactones) is 1. The summed E-state index contributed by atoms with van der Waals surface area (Å²) in [6.07, 6.45) is 9.61. The van der Waals surface area contributed by atoms with Crippen LogP contribution in [0.25, 0.3) is 0 Å². The Labute approximate surface area is 387 Å². The van der Waals surface area contributed by atoms with Crippen LogP contribution in [0, 0.1) is 35.5 Å². The van der Waals surface area contributed by atoms with E-state index in [0.29, 0.717) is 63.4 Å². The van der Waals surface area contributed by atoms with E-state index in [1.54, 1.807) is 41.1 Å². The maximum Gasteiger partial charge on any atom is 0.329 e. The summed E-state index contributed by atoms with van der Waals surface area (Å²) in [7, 11) is 4.56. The lowest BCUT2D eigenvalue weighted by Crippen LogP contribution is -2.61. The van der Waals surface area contributed by atoms with Gasteiger partial charge in [0.25, 0.3) is 11.7 Å². The fourth-order valence-electron chi connectivity index (χ4n) is 10.4. The van der Waals surface area contributed by atoms with Crippen LogP contribution in [-0.2, 0) is 47.7 Å². The quantitative estimate of drug-likeness (QED) is 0.151. The number of carbonyl (C=O) groups is 5. The van der Waals surface area contributed by atoms with Gasteiger partial charge in [0.05, 0.1) is 24.4 Å². The Bertz CT molecular complexity index is 1710. The lowest BCUT2D eigenvalue weighted by molar-refractivity contribution is -0.265. The van der Waals surface area contributed by atoms with Gasteiger partial charge in [0, 0.05) is 58.5 Å². The van der Waals surface area contributed by atoms with Gasteiger partial charge in [-0.05, 0) is 120 Å². The summed E-state index contributed by atoms with van der Waals surface area (Å²) in [6.45, 7) is 12.9. The average molecular weight is 916 g/mol. The molecule has 3 fully saturated rings. The zero-order chi connectivity index (χ0) is 48.2. The molecule has 1 saturated carbocycles. The molecule has 14 nitrogen and oxygen atoms in total. The maximum absolute atomic E-state index is 14.4. The van der Waals surface area contributed by atoms with E-state index in [1.807, 2.05) is 27.7 Å². The van der Waals surface area contributed by atoms with Gasteiger partial charge < -0.3 is 43.9 Å². The van der Waals surface area contributed by atoms with E-state index in [1.165, 1.54) is 12.0 Å². The molecule has 1 aliphatic carbocycles. The number of rotatable bonds is 6. The highest BCUT2D eigenvalue weighted by molar-refractivity contribution is 6.39. The van der Waals surface area contributed by atoms with E-state index in [-0.39, 0.29) is 60.9 Å². The van der Waals surface area contributed by atoms with Gasteiger partial charge in [-0.2, -0.15) is 0 Å². The summed E-state index contributed by atoms with van der Waals surface area (Å²) in [4.78, 5) is 71.8. The van der Waals surface area contributed by atoms with Crippen molar-refractivity contribution in [2.75, 3.05) is 27.9 Å². The van der Waals surface area contributed by atoms with E-state index < -0.39 is 77.8 Å². The van der Waals surface area contributed by atoms with Gasteiger partial charge in [0.15, 0.2) is 5.78 Å². The van der Waals surface area contributed by atoms with E-state index >= 15 is 0 Å². The Kier molecular flexibility index (Phi) is 21.2. The number of methoxy groups -OCH3 is 3. The molecule has 0 unspecified atom stereocenters. The number of esters is 1. The second-order valence-electron chi connectivity index (χ2n) is 19.9. The molecule has 0 aromatic carbocycles. The fourth-order valence-corrected chi connectivity index (χ4v) is 10.4. The number of Topliss-reactive ketones (excluding diaryl/α,β-unsaturated/α-hetero) is 3. The van der Waals surface area contributed by atoms with E-state index in [0.717, 1.165) is 24.8 Å². The van der Waals surface area contributed by atoms with Crippen LogP contribution < -0.4 is 0 Å². The zero-order valence-corrected chi connectivity index (χ0v) is 40.9. The lowest BCUT2D eigenvalue weighted by Gasteiger charge is -2.42. The molecule has 4 rings (SSSR count). The van der Waals surface area contributed by atoms with Gasteiger partial charge in [-0.3, -0.25) is 19.2 Å². The highest BCUT2D eigenvalue weighted by atomic mass is 16.6. The van der Waals surface area contributed by atoms with Crippen molar-refractivity contribution >= 4 is 29.2 Å². The fraction of sp³-hybridized carbons (Fsp3) is 0.784. The molecule has 0 spiro atoms. The van der Waals surface area contributed by atoms with Crippen molar-refractivity contribution in [2.24, 2.45) is 35.5 Å². The van der Waals surface area contributed by atoms with Crippen molar-refractivity contribution in [3.63, 3.8) is 0 Å². The number of fused-ring (bicyclic) bond motifs is 3. The Morgan fingerprint density at radius 1 is 0.862 bits per heavy atom. The topological polar surface area (TPSA) is 195 Å². The molecule has 65 heavy (non-hydrogen) atoms. The predicted octanol–water partition coefficient (Wildman–Crippen LogP) is 6.40. The van der Waals surface area contributed by atoms with Crippen LogP contribution in [0.15, 0.2) is 35.5 Å². The number of hydrogen-bond acceptors (Lipinski definition) is 13. The first-order chi connectivity index (χ1) is 30.7. The second kappa shape index (κ2) is 25.3. The van der Waals surface area contributed by atoms with Crippen LogP contribution >= 0.6 is 0 Å². The number of aliphatic hydroxyl groups is 3. The van der Waals surface area contributed by atoms with Crippen molar-refractivity contribution in [1.29, 1.82) is 0 Å². The van der Waals surface area contributed by atoms with Gasteiger partial charge in [-0.1, -0.05) is 58.9 Å².